The van der Waals surface area contributed by atoms with Gasteiger partial charge in [-0.3, -0.25) is 4.90 Å². The van der Waals surface area contributed by atoms with Crippen LogP contribution in [0.5, 0.6) is 0 Å². The van der Waals surface area contributed by atoms with E-state index < -0.39 is 11.7 Å². The van der Waals surface area contributed by atoms with Crippen LogP contribution in [-0.2, 0) is 6.18 Å². The van der Waals surface area contributed by atoms with Crippen LogP contribution >= 0.6 is 0 Å². The molecular formula is C21H28F3N5. The molecule has 1 aliphatic heterocycles. The highest BCUT2D eigenvalue weighted by atomic mass is 19.4. The van der Waals surface area contributed by atoms with E-state index in [4.69, 9.17) is 0 Å². The van der Waals surface area contributed by atoms with E-state index in [0.29, 0.717) is 29.0 Å². The van der Waals surface area contributed by atoms with Crippen molar-refractivity contribution in [2.45, 2.75) is 51.9 Å². The van der Waals surface area contributed by atoms with Crippen molar-refractivity contribution in [1.29, 1.82) is 0 Å². The molecule has 5 nitrogen and oxygen atoms in total. The summed E-state index contributed by atoms with van der Waals surface area (Å²) in [6, 6.07) is 6.29. The number of nitrogens with one attached hydrogen (secondary N) is 2. The Morgan fingerprint density at radius 2 is 1.93 bits per heavy atom. The van der Waals surface area contributed by atoms with Crippen molar-refractivity contribution in [3.05, 3.63) is 35.4 Å². The minimum atomic E-state index is -4.39. The molecule has 1 aliphatic rings. The molecule has 1 fully saturated rings. The summed E-state index contributed by atoms with van der Waals surface area (Å²) < 4.78 is 39.0. The first kappa shape index (κ1) is 21.4. The van der Waals surface area contributed by atoms with Gasteiger partial charge in [0.1, 0.15) is 0 Å². The number of aryl methyl sites for hydroxylation is 1. The average Bonchev–Trinajstić information content (AvgIpc) is 2.68. The zero-order valence-electron chi connectivity index (χ0n) is 17.3. The van der Waals surface area contributed by atoms with E-state index in [1.165, 1.54) is 6.07 Å². The third kappa shape index (κ3) is 4.98. The Bertz CT molecular complexity index is 851. The molecule has 0 amide bonds. The number of likely N-dealkylation sites (tertiary alicyclic amines) is 1. The van der Waals surface area contributed by atoms with Gasteiger partial charge in [-0.05, 0) is 63.9 Å². The minimum absolute atomic E-state index is 0.309. The van der Waals surface area contributed by atoms with Gasteiger partial charge >= 0.3 is 6.18 Å². The summed E-state index contributed by atoms with van der Waals surface area (Å²) in [5, 5.41) is 14.9. The lowest BCUT2D eigenvalue weighted by Crippen LogP contribution is -2.45. The smallest absolute Gasteiger partial charge is 0.388 e. The maximum atomic E-state index is 13.0. The second-order valence-corrected chi connectivity index (χ2v) is 7.84. The number of nitrogens with zero attached hydrogens (tertiary/aromatic N) is 3. The second-order valence-electron chi connectivity index (χ2n) is 7.84. The monoisotopic (exact) mass is 407 g/mol. The zero-order chi connectivity index (χ0) is 21.2. The van der Waals surface area contributed by atoms with Gasteiger partial charge in [0.2, 0.25) is 0 Å². The van der Waals surface area contributed by atoms with Crippen LogP contribution in [0.4, 0.5) is 24.7 Å². The summed E-state index contributed by atoms with van der Waals surface area (Å²) in [7, 11) is 1.60. The number of anilines is 2. The van der Waals surface area contributed by atoms with Crippen LogP contribution in [0.15, 0.2) is 24.3 Å². The molecule has 158 valence electrons. The maximum absolute atomic E-state index is 13.0. The van der Waals surface area contributed by atoms with E-state index in [-0.39, 0.29) is 0 Å². The molecule has 1 saturated heterocycles. The van der Waals surface area contributed by atoms with Crippen LogP contribution < -0.4 is 10.6 Å². The number of benzene rings is 1. The van der Waals surface area contributed by atoms with Crippen LogP contribution in [0.1, 0.15) is 37.8 Å². The molecule has 29 heavy (non-hydrogen) atoms. The molecule has 2 heterocycles. The number of alkyl halides is 3. The molecule has 3 rings (SSSR count). The van der Waals surface area contributed by atoms with Gasteiger partial charge in [0.15, 0.2) is 5.82 Å². The van der Waals surface area contributed by atoms with Crippen molar-refractivity contribution in [3.8, 4) is 11.3 Å². The molecule has 1 aromatic heterocycles. The Morgan fingerprint density at radius 1 is 1.17 bits per heavy atom. The molecule has 0 saturated carbocycles. The molecular weight excluding hydrogens is 379 g/mol. The lowest BCUT2D eigenvalue weighted by Gasteiger charge is -2.36. The number of halogens is 3. The van der Waals surface area contributed by atoms with Crippen molar-refractivity contribution < 1.29 is 13.2 Å². The molecule has 0 radical (unpaired) electrons. The van der Waals surface area contributed by atoms with Crippen molar-refractivity contribution in [2.75, 3.05) is 30.8 Å². The first-order valence-corrected chi connectivity index (χ1v) is 9.93. The Hall–Kier alpha value is -2.35. The van der Waals surface area contributed by atoms with Gasteiger partial charge < -0.3 is 10.6 Å². The summed E-state index contributed by atoms with van der Waals surface area (Å²) in [4.78, 5) is 2.44. The highest BCUT2D eigenvalue weighted by Crippen LogP contribution is 2.35. The SMILES string of the molecule is CNc1cc(C(F)(F)F)ccc1-c1cc(C)c(N[C@@H]2CCCN(C(C)C)C2)nn1. The summed E-state index contributed by atoms with van der Waals surface area (Å²) in [6.07, 6.45) is -2.17. The van der Waals surface area contributed by atoms with Crippen LogP contribution in [0.3, 0.4) is 0 Å². The summed E-state index contributed by atoms with van der Waals surface area (Å²) in [6.45, 7) is 8.41. The number of aromatic nitrogens is 2. The van der Waals surface area contributed by atoms with Crippen LogP contribution in [0.2, 0.25) is 0 Å². The van der Waals surface area contributed by atoms with Crippen molar-refractivity contribution >= 4 is 11.5 Å². The van der Waals surface area contributed by atoms with Gasteiger partial charge in [0.05, 0.1) is 11.3 Å². The normalized spacial score (nSPS) is 18.1. The van der Waals surface area contributed by atoms with E-state index in [1.807, 2.05) is 13.0 Å². The fourth-order valence-corrected chi connectivity index (χ4v) is 3.70. The van der Waals surface area contributed by atoms with Gasteiger partial charge in [0, 0.05) is 36.9 Å². The van der Waals surface area contributed by atoms with Crippen molar-refractivity contribution in [2.24, 2.45) is 0 Å². The van der Waals surface area contributed by atoms with Gasteiger partial charge in [0.25, 0.3) is 0 Å². The van der Waals surface area contributed by atoms with Gasteiger partial charge in [-0.15, -0.1) is 10.2 Å². The number of hydrogen-bond donors (Lipinski definition) is 2. The average molecular weight is 407 g/mol. The molecule has 1 atom stereocenters. The maximum Gasteiger partial charge on any atom is 0.416 e. The van der Waals surface area contributed by atoms with E-state index in [1.54, 1.807) is 7.05 Å². The van der Waals surface area contributed by atoms with Crippen LogP contribution in [0, 0.1) is 6.92 Å². The molecule has 1 aromatic carbocycles. The Kier molecular flexibility index (Phi) is 6.31. The Labute approximate surface area is 169 Å². The third-order valence-corrected chi connectivity index (χ3v) is 5.40. The molecule has 0 spiro atoms. The van der Waals surface area contributed by atoms with E-state index >= 15 is 0 Å². The standard InChI is InChI=1S/C21H28F3N5/c1-13(2)29-9-5-6-16(12-29)26-20-14(3)10-19(27-28-20)17-8-7-15(21(22,23)24)11-18(17)25-4/h7-8,10-11,13,16,25H,5-6,9,12H2,1-4H3,(H,26,28)/t16-/m1/s1. The topological polar surface area (TPSA) is 53.1 Å². The Balaban J connectivity index is 1.81. The van der Waals surface area contributed by atoms with Crippen LogP contribution in [0.25, 0.3) is 11.3 Å². The highest BCUT2D eigenvalue weighted by molar-refractivity contribution is 5.76. The molecule has 2 N–H and O–H groups in total. The van der Waals surface area contributed by atoms with E-state index in [0.717, 1.165) is 49.4 Å². The van der Waals surface area contributed by atoms with Gasteiger partial charge in [-0.1, -0.05) is 6.07 Å². The molecule has 0 aliphatic carbocycles. The molecule has 8 heteroatoms. The highest BCUT2D eigenvalue weighted by Gasteiger charge is 2.31. The molecule has 2 aromatic rings. The summed E-state index contributed by atoms with van der Waals surface area (Å²) in [5.74, 6) is 0.724. The predicted molar refractivity (Wildman–Crippen MR) is 110 cm³/mol. The second kappa shape index (κ2) is 8.57. The summed E-state index contributed by atoms with van der Waals surface area (Å²) >= 11 is 0. The van der Waals surface area contributed by atoms with E-state index in [9.17, 15) is 13.2 Å². The minimum Gasteiger partial charge on any atom is -0.388 e. The quantitative estimate of drug-likeness (QED) is 0.746. The van der Waals surface area contributed by atoms with Crippen LogP contribution in [-0.4, -0.2) is 47.3 Å². The molecule has 0 unspecified atom stereocenters. The predicted octanol–water partition coefficient (Wildman–Crippen LogP) is 4.80. The summed E-state index contributed by atoms with van der Waals surface area (Å²) in [5.41, 5.74) is 1.72. The first-order chi connectivity index (χ1) is 13.7. The van der Waals surface area contributed by atoms with Gasteiger partial charge in [-0.25, -0.2) is 0 Å². The Morgan fingerprint density at radius 3 is 2.55 bits per heavy atom. The van der Waals surface area contributed by atoms with Gasteiger partial charge in [-0.2, -0.15) is 13.2 Å². The molecule has 0 bridgehead atoms. The lowest BCUT2D eigenvalue weighted by atomic mass is 10.0. The third-order valence-electron chi connectivity index (χ3n) is 5.40. The largest absolute Gasteiger partial charge is 0.416 e. The number of hydrogen-bond acceptors (Lipinski definition) is 5. The lowest BCUT2D eigenvalue weighted by molar-refractivity contribution is -0.137. The van der Waals surface area contributed by atoms with E-state index in [2.05, 4.69) is 39.6 Å². The van der Waals surface area contributed by atoms with Crippen molar-refractivity contribution in [3.63, 3.8) is 0 Å². The van der Waals surface area contributed by atoms with Crippen molar-refractivity contribution in [1.82, 2.24) is 15.1 Å². The number of rotatable bonds is 5. The first-order valence-electron chi connectivity index (χ1n) is 9.93. The number of piperidine rings is 1. The fourth-order valence-electron chi connectivity index (χ4n) is 3.70. The zero-order valence-corrected chi connectivity index (χ0v) is 17.3. The fraction of sp³-hybridized carbons (Fsp3) is 0.524.